The van der Waals surface area contributed by atoms with Crippen LogP contribution in [0.2, 0.25) is 0 Å². The molecule has 7 nitrogen and oxygen atoms in total. The van der Waals surface area contributed by atoms with E-state index in [1.165, 1.54) is 4.90 Å². The molecular formula is C14H22F3N5O2S. The summed E-state index contributed by atoms with van der Waals surface area (Å²) in [7, 11) is -0.00435. The van der Waals surface area contributed by atoms with Crippen LogP contribution in [-0.4, -0.2) is 58.4 Å². The zero-order valence-electron chi connectivity index (χ0n) is 14.3. The lowest BCUT2D eigenvalue weighted by atomic mass is 9.97. The number of nitrogens with zero attached hydrogens (tertiary/aromatic N) is 4. The van der Waals surface area contributed by atoms with Gasteiger partial charge in [0.05, 0.1) is 6.26 Å². The first-order valence-corrected chi connectivity index (χ1v) is 9.68. The number of rotatable bonds is 5. The smallest absolute Gasteiger partial charge is 0.363 e. The number of aromatic nitrogens is 2. The van der Waals surface area contributed by atoms with Crippen molar-refractivity contribution in [1.29, 1.82) is 0 Å². The van der Waals surface area contributed by atoms with E-state index in [4.69, 9.17) is 0 Å². The summed E-state index contributed by atoms with van der Waals surface area (Å²) in [6.07, 6.45) is -2.14. The van der Waals surface area contributed by atoms with Crippen molar-refractivity contribution in [2.75, 3.05) is 49.8 Å². The predicted molar refractivity (Wildman–Crippen MR) is 89.1 cm³/mol. The molecule has 0 amide bonds. The summed E-state index contributed by atoms with van der Waals surface area (Å²) in [6, 6.07) is 0.923. The molecule has 1 aliphatic heterocycles. The zero-order chi connectivity index (χ0) is 18.8. The topological polar surface area (TPSA) is 78.4 Å². The third-order valence-corrected chi connectivity index (χ3v) is 4.67. The quantitative estimate of drug-likeness (QED) is 0.829. The Morgan fingerprint density at radius 2 is 1.88 bits per heavy atom. The van der Waals surface area contributed by atoms with E-state index in [9.17, 15) is 21.6 Å². The van der Waals surface area contributed by atoms with Crippen LogP contribution >= 0.6 is 0 Å². The van der Waals surface area contributed by atoms with Gasteiger partial charge in [0.1, 0.15) is 5.82 Å². The lowest BCUT2D eigenvalue weighted by Crippen LogP contribution is -2.39. The summed E-state index contributed by atoms with van der Waals surface area (Å²) in [5, 5.41) is 0. The van der Waals surface area contributed by atoms with Crippen molar-refractivity contribution in [3.8, 4) is 0 Å². The maximum Gasteiger partial charge on any atom is 0.433 e. The van der Waals surface area contributed by atoms with Crippen molar-refractivity contribution in [3.63, 3.8) is 0 Å². The van der Waals surface area contributed by atoms with Crippen molar-refractivity contribution >= 4 is 21.8 Å². The predicted octanol–water partition coefficient (Wildman–Crippen LogP) is 1.33. The van der Waals surface area contributed by atoms with E-state index < -0.39 is 21.9 Å². The lowest BCUT2D eigenvalue weighted by molar-refractivity contribution is -0.141. The van der Waals surface area contributed by atoms with Crippen molar-refractivity contribution in [2.45, 2.75) is 19.0 Å². The van der Waals surface area contributed by atoms with Gasteiger partial charge in [0.15, 0.2) is 5.69 Å². The SMILES string of the molecule is CN(C)c1cc(C(F)(F)F)nc(N2CCC(CNS(C)(=O)=O)CC2)n1. The second-order valence-electron chi connectivity index (χ2n) is 6.35. The molecule has 2 heterocycles. The minimum absolute atomic E-state index is 0.0491. The fourth-order valence-corrected chi connectivity index (χ4v) is 3.08. The van der Waals surface area contributed by atoms with Crippen LogP contribution in [0.25, 0.3) is 0 Å². The highest BCUT2D eigenvalue weighted by molar-refractivity contribution is 7.88. The Labute approximate surface area is 145 Å². The number of piperidine rings is 1. The largest absolute Gasteiger partial charge is 0.433 e. The molecule has 0 aliphatic carbocycles. The molecule has 1 aromatic heterocycles. The maximum atomic E-state index is 13.1. The first-order valence-electron chi connectivity index (χ1n) is 7.79. The molecule has 0 saturated carbocycles. The van der Waals surface area contributed by atoms with Crippen molar-refractivity contribution in [3.05, 3.63) is 11.8 Å². The number of halogens is 3. The molecule has 0 bridgehead atoms. The van der Waals surface area contributed by atoms with Gasteiger partial charge in [0.2, 0.25) is 16.0 Å². The van der Waals surface area contributed by atoms with Gasteiger partial charge in [-0.05, 0) is 18.8 Å². The van der Waals surface area contributed by atoms with Gasteiger partial charge in [-0.25, -0.2) is 18.1 Å². The monoisotopic (exact) mass is 381 g/mol. The molecule has 2 rings (SSSR count). The molecule has 1 N–H and O–H groups in total. The third-order valence-electron chi connectivity index (χ3n) is 3.98. The van der Waals surface area contributed by atoms with E-state index in [0.717, 1.165) is 12.3 Å². The summed E-state index contributed by atoms with van der Waals surface area (Å²) in [5.74, 6) is 0.385. The first kappa shape index (κ1) is 19.7. The Morgan fingerprint density at radius 3 is 2.36 bits per heavy atom. The van der Waals surface area contributed by atoms with Crippen LogP contribution in [0.4, 0.5) is 24.9 Å². The van der Waals surface area contributed by atoms with Gasteiger partial charge >= 0.3 is 6.18 Å². The average Bonchev–Trinajstić information content (AvgIpc) is 2.51. The van der Waals surface area contributed by atoms with E-state index in [-0.39, 0.29) is 17.7 Å². The van der Waals surface area contributed by atoms with Crippen LogP contribution in [0.1, 0.15) is 18.5 Å². The summed E-state index contributed by atoms with van der Waals surface area (Å²) in [5.41, 5.74) is -0.970. The Bertz CT molecular complexity index is 701. The molecule has 0 spiro atoms. The third kappa shape index (κ3) is 5.70. The first-order chi connectivity index (χ1) is 11.5. The number of hydrogen-bond donors (Lipinski definition) is 1. The molecule has 142 valence electrons. The molecule has 0 aromatic carbocycles. The van der Waals surface area contributed by atoms with E-state index in [1.54, 1.807) is 19.0 Å². The minimum Gasteiger partial charge on any atom is -0.363 e. The van der Waals surface area contributed by atoms with Crippen LogP contribution < -0.4 is 14.5 Å². The number of sulfonamides is 1. The summed E-state index contributed by atoms with van der Waals surface area (Å²) in [6.45, 7) is 1.29. The molecule has 0 radical (unpaired) electrons. The molecule has 1 aliphatic rings. The van der Waals surface area contributed by atoms with Gasteiger partial charge in [-0.15, -0.1) is 0 Å². The molecule has 25 heavy (non-hydrogen) atoms. The second-order valence-corrected chi connectivity index (χ2v) is 8.19. The second kappa shape index (κ2) is 7.32. The van der Waals surface area contributed by atoms with Crippen molar-refractivity contribution < 1.29 is 21.6 Å². The minimum atomic E-state index is -4.54. The summed E-state index contributed by atoms with van der Waals surface area (Å²) < 4.78 is 63.9. The number of hydrogen-bond acceptors (Lipinski definition) is 6. The van der Waals surface area contributed by atoms with Gasteiger partial charge in [-0.1, -0.05) is 0 Å². The highest BCUT2D eigenvalue weighted by atomic mass is 32.2. The van der Waals surface area contributed by atoms with Crippen molar-refractivity contribution in [1.82, 2.24) is 14.7 Å². The Balaban J connectivity index is 2.11. The van der Waals surface area contributed by atoms with Crippen LogP contribution in [0.5, 0.6) is 0 Å². The zero-order valence-corrected chi connectivity index (χ0v) is 15.2. The van der Waals surface area contributed by atoms with Gasteiger partial charge in [0, 0.05) is 39.8 Å². The lowest BCUT2D eigenvalue weighted by Gasteiger charge is -2.32. The molecule has 0 atom stereocenters. The molecule has 0 unspecified atom stereocenters. The average molecular weight is 381 g/mol. The number of alkyl halides is 3. The van der Waals surface area contributed by atoms with Crippen LogP contribution in [0.3, 0.4) is 0 Å². The summed E-state index contributed by atoms with van der Waals surface area (Å²) in [4.78, 5) is 11.1. The van der Waals surface area contributed by atoms with Gasteiger partial charge in [-0.3, -0.25) is 0 Å². The fourth-order valence-electron chi connectivity index (χ4n) is 2.54. The van der Waals surface area contributed by atoms with Gasteiger partial charge in [0.25, 0.3) is 0 Å². The summed E-state index contributed by atoms with van der Waals surface area (Å²) >= 11 is 0. The van der Waals surface area contributed by atoms with Gasteiger partial charge < -0.3 is 9.80 Å². The normalized spacial score (nSPS) is 17.0. The standard InChI is InChI=1S/C14H22F3N5O2S/c1-21(2)12-8-11(14(15,16)17)19-13(20-12)22-6-4-10(5-7-22)9-18-25(3,23)24/h8,10,18H,4-7,9H2,1-3H3. The maximum absolute atomic E-state index is 13.1. The van der Waals surface area contributed by atoms with Crippen LogP contribution in [0.15, 0.2) is 6.07 Å². The Kier molecular flexibility index (Phi) is 5.77. The molecular weight excluding hydrogens is 359 g/mol. The van der Waals surface area contributed by atoms with E-state index in [0.29, 0.717) is 32.5 Å². The van der Waals surface area contributed by atoms with E-state index >= 15 is 0 Å². The molecule has 1 fully saturated rings. The Hall–Kier alpha value is -1.62. The highest BCUT2D eigenvalue weighted by Crippen LogP contribution is 2.31. The van der Waals surface area contributed by atoms with Gasteiger partial charge in [-0.2, -0.15) is 18.2 Å². The molecule has 1 aromatic rings. The highest BCUT2D eigenvalue weighted by Gasteiger charge is 2.35. The van der Waals surface area contributed by atoms with Crippen molar-refractivity contribution in [2.24, 2.45) is 5.92 Å². The fraction of sp³-hybridized carbons (Fsp3) is 0.714. The number of anilines is 2. The van der Waals surface area contributed by atoms with E-state index in [2.05, 4.69) is 14.7 Å². The molecule has 11 heteroatoms. The van der Waals surface area contributed by atoms with Crippen LogP contribution in [0, 0.1) is 5.92 Å². The Morgan fingerprint density at radius 1 is 1.28 bits per heavy atom. The van der Waals surface area contributed by atoms with E-state index in [1.807, 2.05) is 0 Å². The van der Waals surface area contributed by atoms with Crippen LogP contribution in [-0.2, 0) is 16.2 Å². The molecule has 1 saturated heterocycles. The number of nitrogens with one attached hydrogen (secondary N) is 1.